The Labute approximate surface area is 101 Å². The molecule has 0 spiro atoms. The molecule has 0 bridgehead atoms. The number of amides is 1. The van der Waals surface area contributed by atoms with E-state index in [0.717, 1.165) is 0 Å². The molecule has 0 rings (SSSR count). The minimum absolute atomic E-state index is 0.0502. The standard InChI is InChI=1S/C11H19NO5/c1-7(2)10(14)12-8(11(15)17-4)5-6-9(13)16-3/h7-8H,5-6H2,1-4H3,(H,12,14)/t8-/m1/s1. The van der Waals surface area contributed by atoms with Gasteiger partial charge in [0.05, 0.1) is 14.2 Å². The van der Waals surface area contributed by atoms with Gasteiger partial charge in [0.15, 0.2) is 0 Å². The van der Waals surface area contributed by atoms with Gasteiger partial charge in [-0.25, -0.2) is 4.79 Å². The Kier molecular flexibility index (Phi) is 6.93. The third-order valence-corrected chi connectivity index (χ3v) is 2.19. The van der Waals surface area contributed by atoms with Crippen molar-refractivity contribution in [2.24, 2.45) is 5.92 Å². The van der Waals surface area contributed by atoms with Crippen molar-refractivity contribution >= 4 is 17.8 Å². The minimum atomic E-state index is -0.811. The van der Waals surface area contributed by atoms with Crippen LogP contribution in [0.4, 0.5) is 0 Å². The summed E-state index contributed by atoms with van der Waals surface area (Å²) in [5, 5.41) is 2.53. The van der Waals surface area contributed by atoms with E-state index in [1.54, 1.807) is 13.8 Å². The molecule has 0 unspecified atom stereocenters. The molecular weight excluding hydrogens is 226 g/mol. The molecule has 0 aromatic carbocycles. The third kappa shape index (κ3) is 5.89. The molecular formula is C11H19NO5. The van der Waals surface area contributed by atoms with Crippen molar-refractivity contribution < 1.29 is 23.9 Å². The Morgan fingerprint density at radius 1 is 1.12 bits per heavy atom. The minimum Gasteiger partial charge on any atom is -0.469 e. The maximum Gasteiger partial charge on any atom is 0.328 e. The van der Waals surface area contributed by atoms with Gasteiger partial charge in [0.1, 0.15) is 6.04 Å². The van der Waals surface area contributed by atoms with E-state index in [4.69, 9.17) is 0 Å². The van der Waals surface area contributed by atoms with Crippen molar-refractivity contribution in [3.8, 4) is 0 Å². The average Bonchev–Trinajstić information content (AvgIpc) is 2.32. The molecule has 0 heterocycles. The van der Waals surface area contributed by atoms with Gasteiger partial charge in [-0.2, -0.15) is 0 Å². The molecule has 0 aliphatic rings. The van der Waals surface area contributed by atoms with E-state index >= 15 is 0 Å². The highest BCUT2D eigenvalue weighted by atomic mass is 16.5. The van der Waals surface area contributed by atoms with Gasteiger partial charge in [0.25, 0.3) is 0 Å². The van der Waals surface area contributed by atoms with E-state index in [0.29, 0.717) is 0 Å². The zero-order valence-corrected chi connectivity index (χ0v) is 10.6. The van der Waals surface area contributed by atoms with Crippen molar-refractivity contribution in [1.82, 2.24) is 5.32 Å². The molecule has 0 aromatic heterocycles. The van der Waals surface area contributed by atoms with Gasteiger partial charge in [-0.05, 0) is 6.42 Å². The first-order chi connectivity index (χ1) is 7.92. The van der Waals surface area contributed by atoms with Crippen molar-refractivity contribution in [2.75, 3.05) is 14.2 Å². The molecule has 1 N–H and O–H groups in total. The summed E-state index contributed by atoms with van der Waals surface area (Å²) in [6.45, 7) is 3.42. The lowest BCUT2D eigenvalue weighted by molar-refractivity contribution is -0.146. The zero-order valence-electron chi connectivity index (χ0n) is 10.6. The first kappa shape index (κ1) is 15.4. The average molecular weight is 245 g/mol. The number of hydrogen-bond acceptors (Lipinski definition) is 5. The van der Waals surface area contributed by atoms with Gasteiger partial charge in [-0.1, -0.05) is 13.8 Å². The SMILES string of the molecule is COC(=O)CC[C@@H](NC(=O)C(C)C)C(=O)OC. The molecule has 6 heteroatoms. The topological polar surface area (TPSA) is 81.7 Å². The van der Waals surface area contributed by atoms with E-state index in [1.807, 2.05) is 0 Å². The van der Waals surface area contributed by atoms with Crippen LogP contribution < -0.4 is 5.32 Å². The van der Waals surface area contributed by atoms with E-state index in [9.17, 15) is 14.4 Å². The van der Waals surface area contributed by atoms with Crippen LogP contribution in [0.1, 0.15) is 26.7 Å². The molecule has 0 radical (unpaired) electrons. The normalized spacial score (nSPS) is 11.8. The van der Waals surface area contributed by atoms with Crippen molar-refractivity contribution in [2.45, 2.75) is 32.7 Å². The van der Waals surface area contributed by atoms with Crippen LogP contribution in [0.5, 0.6) is 0 Å². The fourth-order valence-corrected chi connectivity index (χ4v) is 1.09. The lowest BCUT2D eigenvalue weighted by Gasteiger charge is -2.17. The molecule has 0 fully saturated rings. The first-order valence-corrected chi connectivity index (χ1v) is 5.37. The van der Waals surface area contributed by atoms with Crippen LogP contribution in [0.2, 0.25) is 0 Å². The van der Waals surface area contributed by atoms with Crippen molar-refractivity contribution in [1.29, 1.82) is 0 Å². The maximum atomic E-state index is 11.5. The number of carbonyl (C=O) groups is 3. The largest absolute Gasteiger partial charge is 0.469 e. The van der Waals surface area contributed by atoms with Gasteiger partial charge >= 0.3 is 11.9 Å². The van der Waals surface area contributed by atoms with Crippen LogP contribution in [0.3, 0.4) is 0 Å². The molecule has 17 heavy (non-hydrogen) atoms. The van der Waals surface area contributed by atoms with E-state index in [2.05, 4.69) is 14.8 Å². The highest BCUT2D eigenvalue weighted by Crippen LogP contribution is 2.03. The Morgan fingerprint density at radius 2 is 1.71 bits per heavy atom. The summed E-state index contributed by atoms with van der Waals surface area (Å²) in [5.41, 5.74) is 0. The van der Waals surface area contributed by atoms with Crippen LogP contribution >= 0.6 is 0 Å². The summed E-state index contributed by atoms with van der Waals surface area (Å²) in [6, 6.07) is -0.811. The van der Waals surface area contributed by atoms with E-state index in [-0.39, 0.29) is 24.7 Å². The summed E-state index contributed by atoms with van der Waals surface area (Å²) < 4.78 is 9.02. The Hall–Kier alpha value is -1.59. The number of rotatable bonds is 6. The molecule has 1 atom stereocenters. The second-order valence-electron chi connectivity index (χ2n) is 3.85. The number of nitrogens with one attached hydrogen (secondary N) is 1. The smallest absolute Gasteiger partial charge is 0.328 e. The summed E-state index contributed by atoms with van der Waals surface area (Å²) in [6.07, 6.45) is 0.215. The van der Waals surface area contributed by atoms with Crippen molar-refractivity contribution in [3.05, 3.63) is 0 Å². The number of hydrogen-bond donors (Lipinski definition) is 1. The molecule has 0 saturated carbocycles. The molecule has 1 amide bonds. The predicted molar refractivity (Wildman–Crippen MR) is 60.0 cm³/mol. The van der Waals surface area contributed by atoms with Gasteiger partial charge in [0, 0.05) is 12.3 Å². The Morgan fingerprint density at radius 3 is 2.12 bits per heavy atom. The van der Waals surface area contributed by atoms with Crippen molar-refractivity contribution in [3.63, 3.8) is 0 Å². The molecule has 98 valence electrons. The van der Waals surface area contributed by atoms with Gasteiger partial charge in [-0.3, -0.25) is 9.59 Å². The van der Waals surface area contributed by atoms with Crippen LogP contribution in [-0.2, 0) is 23.9 Å². The molecule has 0 saturated heterocycles. The molecule has 0 aliphatic heterocycles. The van der Waals surface area contributed by atoms with E-state index in [1.165, 1.54) is 14.2 Å². The lowest BCUT2D eigenvalue weighted by atomic mass is 10.1. The lowest BCUT2D eigenvalue weighted by Crippen LogP contribution is -2.43. The van der Waals surface area contributed by atoms with Crippen LogP contribution in [0.25, 0.3) is 0 Å². The molecule has 6 nitrogen and oxygen atoms in total. The van der Waals surface area contributed by atoms with Crippen LogP contribution in [-0.4, -0.2) is 38.1 Å². The predicted octanol–water partition coefficient (Wildman–Crippen LogP) is 0.253. The summed E-state index contributed by atoms with van der Waals surface area (Å²) in [5.74, 6) is -1.49. The van der Waals surface area contributed by atoms with Gasteiger partial charge in [0.2, 0.25) is 5.91 Å². The van der Waals surface area contributed by atoms with E-state index < -0.39 is 18.0 Å². The number of ether oxygens (including phenoxy) is 2. The fraction of sp³-hybridized carbons (Fsp3) is 0.727. The Balaban J connectivity index is 4.39. The molecule has 0 aromatic rings. The van der Waals surface area contributed by atoms with Gasteiger partial charge in [-0.15, -0.1) is 0 Å². The third-order valence-electron chi connectivity index (χ3n) is 2.19. The highest BCUT2D eigenvalue weighted by molar-refractivity contribution is 5.85. The van der Waals surface area contributed by atoms with Crippen LogP contribution in [0.15, 0.2) is 0 Å². The highest BCUT2D eigenvalue weighted by Gasteiger charge is 2.23. The summed E-state index contributed by atoms with van der Waals surface area (Å²) in [4.78, 5) is 33.8. The monoisotopic (exact) mass is 245 g/mol. The maximum absolute atomic E-state index is 11.5. The summed E-state index contributed by atoms with van der Waals surface area (Å²) >= 11 is 0. The number of esters is 2. The number of carbonyl (C=O) groups excluding carboxylic acids is 3. The second-order valence-corrected chi connectivity index (χ2v) is 3.85. The second kappa shape index (κ2) is 7.65. The quantitative estimate of drug-likeness (QED) is 0.678. The first-order valence-electron chi connectivity index (χ1n) is 5.37. The van der Waals surface area contributed by atoms with Gasteiger partial charge < -0.3 is 14.8 Å². The fourth-order valence-electron chi connectivity index (χ4n) is 1.09. The van der Waals surface area contributed by atoms with Crippen LogP contribution in [0, 0.1) is 5.92 Å². The number of methoxy groups -OCH3 is 2. The Bertz CT molecular complexity index is 288. The zero-order chi connectivity index (χ0) is 13.4. The molecule has 0 aliphatic carbocycles. The summed E-state index contributed by atoms with van der Waals surface area (Å²) in [7, 11) is 2.50.